The van der Waals surface area contributed by atoms with Crippen molar-refractivity contribution in [3.05, 3.63) is 66.7 Å². The number of benzene rings is 4. The molecule has 1 nitrogen and oxygen atoms in total. The molecule has 1 heteroatoms. The first-order valence-electron chi connectivity index (χ1n) is 8.85. The molecule has 0 N–H and O–H groups in total. The van der Waals surface area contributed by atoms with Crippen molar-refractivity contribution in [1.82, 2.24) is 0 Å². The van der Waals surface area contributed by atoms with E-state index in [0.717, 1.165) is 18.8 Å². The van der Waals surface area contributed by atoms with E-state index in [1.165, 1.54) is 45.2 Å². The highest BCUT2D eigenvalue weighted by Gasteiger charge is 2.11. The lowest BCUT2D eigenvalue weighted by atomic mass is 9.94. The number of hydrogen-bond donors (Lipinski definition) is 0. The highest BCUT2D eigenvalue weighted by atomic mass is 16.5. The number of hydrogen-bond acceptors (Lipinski definition) is 1. The Balaban J connectivity index is 1.99. The first kappa shape index (κ1) is 15.0. The molecule has 0 amide bonds. The van der Waals surface area contributed by atoms with Crippen LogP contribution in [0.3, 0.4) is 0 Å². The van der Waals surface area contributed by atoms with Gasteiger partial charge in [0.2, 0.25) is 0 Å². The van der Waals surface area contributed by atoms with Gasteiger partial charge in [-0.05, 0) is 39.4 Å². The lowest BCUT2D eigenvalue weighted by molar-refractivity contribution is 0.310. The number of ether oxygens (including phenoxy) is 1. The van der Waals surface area contributed by atoms with Crippen molar-refractivity contribution in [3.8, 4) is 5.75 Å². The summed E-state index contributed by atoms with van der Waals surface area (Å²) in [5.74, 6) is 1.01. The second-order valence-corrected chi connectivity index (χ2v) is 6.33. The molecule has 0 aliphatic carbocycles. The van der Waals surface area contributed by atoms with Gasteiger partial charge in [0.15, 0.2) is 0 Å². The molecule has 0 fully saturated rings. The lowest BCUT2D eigenvalue weighted by Crippen LogP contribution is -1.98. The van der Waals surface area contributed by atoms with Crippen LogP contribution in [-0.2, 0) is 0 Å². The molecule has 24 heavy (non-hydrogen) atoms. The summed E-state index contributed by atoms with van der Waals surface area (Å²) < 4.78 is 6.18. The van der Waals surface area contributed by atoms with Gasteiger partial charge in [0.25, 0.3) is 0 Å². The molecule has 0 heterocycles. The van der Waals surface area contributed by atoms with Crippen molar-refractivity contribution in [1.29, 1.82) is 0 Å². The molecular weight excluding hydrogens is 292 g/mol. The fraction of sp³-hybridized carbons (Fsp3) is 0.217. The molecule has 4 aromatic rings. The molecule has 0 aliphatic rings. The third kappa shape index (κ3) is 2.50. The number of fused-ring (bicyclic) bond motifs is 6. The average molecular weight is 314 g/mol. The molecule has 0 aliphatic heterocycles. The SMILES string of the molecule is CCCCCOc1cccc2c3ccccc3c3ccccc3c12. The fourth-order valence-electron chi connectivity index (χ4n) is 3.58. The zero-order valence-corrected chi connectivity index (χ0v) is 14.1. The smallest absolute Gasteiger partial charge is 0.127 e. The normalized spacial score (nSPS) is 11.4. The molecule has 0 saturated heterocycles. The molecule has 0 atom stereocenters. The van der Waals surface area contributed by atoms with Gasteiger partial charge in [0.1, 0.15) is 5.75 Å². The van der Waals surface area contributed by atoms with E-state index in [2.05, 4.69) is 73.7 Å². The molecule has 0 saturated carbocycles. The predicted octanol–water partition coefficient (Wildman–Crippen LogP) is 6.72. The van der Waals surface area contributed by atoms with E-state index in [-0.39, 0.29) is 0 Å². The minimum absolute atomic E-state index is 0.786. The van der Waals surface area contributed by atoms with Crippen molar-refractivity contribution >= 4 is 32.3 Å². The first-order chi connectivity index (χ1) is 11.9. The van der Waals surface area contributed by atoms with Gasteiger partial charge in [-0.2, -0.15) is 0 Å². The van der Waals surface area contributed by atoms with E-state index in [1.807, 2.05) is 0 Å². The molecule has 0 unspecified atom stereocenters. The molecule has 120 valence electrons. The second-order valence-electron chi connectivity index (χ2n) is 6.33. The van der Waals surface area contributed by atoms with Crippen molar-refractivity contribution in [2.45, 2.75) is 26.2 Å². The van der Waals surface area contributed by atoms with E-state index in [4.69, 9.17) is 4.74 Å². The molecule has 4 aromatic carbocycles. The van der Waals surface area contributed by atoms with Crippen molar-refractivity contribution in [3.63, 3.8) is 0 Å². The van der Waals surface area contributed by atoms with Crippen molar-refractivity contribution in [2.75, 3.05) is 6.61 Å². The van der Waals surface area contributed by atoms with Gasteiger partial charge in [-0.3, -0.25) is 0 Å². The van der Waals surface area contributed by atoms with Crippen LogP contribution in [-0.4, -0.2) is 6.61 Å². The molecular formula is C23H22O. The fourth-order valence-corrected chi connectivity index (χ4v) is 3.58. The molecule has 0 aromatic heterocycles. The summed E-state index contributed by atoms with van der Waals surface area (Å²) in [5, 5.41) is 7.69. The van der Waals surface area contributed by atoms with Crippen molar-refractivity contribution in [2.24, 2.45) is 0 Å². The minimum atomic E-state index is 0.786. The quantitative estimate of drug-likeness (QED) is 0.293. The Morgan fingerprint density at radius 3 is 1.79 bits per heavy atom. The van der Waals surface area contributed by atoms with Gasteiger partial charge >= 0.3 is 0 Å². The summed E-state index contributed by atoms with van der Waals surface area (Å²) in [4.78, 5) is 0. The summed E-state index contributed by atoms with van der Waals surface area (Å²) in [6, 6.07) is 23.7. The van der Waals surface area contributed by atoms with Crippen LogP contribution >= 0.6 is 0 Å². The molecule has 0 bridgehead atoms. The Hall–Kier alpha value is -2.54. The Kier molecular flexibility index (Phi) is 4.08. The maximum absolute atomic E-state index is 6.18. The van der Waals surface area contributed by atoms with Crippen LogP contribution in [0, 0.1) is 0 Å². The topological polar surface area (TPSA) is 9.23 Å². The summed E-state index contributed by atoms with van der Waals surface area (Å²) in [6.07, 6.45) is 3.54. The molecule has 0 radical (unpaired) electrons. The Morgan fingerprint density at radius 2 is 1.17 bits per heavy atom. The summed E-state index contributed by atoms with van der Waals surface area (Å²) in [5.41, 5.74) is 0. The third-order valence-electron chi connectivity index (χ3n) is 4.74. The van der Waals surface area contributed by atoms with Gasteiger partial charge < -0.3 is 4.74 Å². The molecule has 4 rings (SSSR count). The van der Waals surface area contributed by atoms with Gasteiger partial charge in [-0.25, -0.2) is 0 Å². The van der Waals surface area contributed by atoms with Gasteiger partial charge in [0.05, 0.1) is 6.61 Å². The van der Waals surface area contributed by atoms with Gasteiger partial charge in [-0.15, -0.1) is 0 Å². The van der Waals surface area contributed by atoms with Crippen LogP contribution < -0.4 is 4.74 Å². The number of rotatable bonds is 5. The zero-order valence-electron chi connectivity index (χ0n) is 14.1. The second kappa shape index (κ2) is 6.52. The maximum Gasteiger partial charge on any atom is 0.127 e. The van der Waals surface area contributed by atoms with Crippen LogP contribution in [0.2, 0.25) is 0 Å². The van der Waals surface area contributed by atoms with E-state index in [9.17, 15) is 0 Å². The van der Waals surface area contributed by atoms with E-state index < -0.39 is 0 Å². The standard InChI is InChI=1S/C23H22O/c1-2-3-8-16-24-22-15-9-14-21-19-11-5-4-10-17(19)18-12-6-7-13-20(18)23(21)22/h4-7,9-15H,2-3,8,16H2,1H3. The summed E-state index contributed by atoms with van der Waals surface area (Å²) in [6.45, 7) is 3.01. The number of unbranched alkanes of at least 4 members (excludes halogenated alkanes) is 2. The Morgan fingerprint density at radius 1 is 0.625 bits per heavy atom. The largest absolute Gasteiger partial charge is 0.493 e. The Bertz CT molecular complexity index is 956. The van der Waals surface area contributed by atoms with Crippen LogP contribution in [0.15, 0.2) is 66.7 Å². The van der Waals surface area contributed by atoms with E-state index in [1.54, 1.807) is 0 Å². The van der Waals surface area contributed by atoms with Gasteiger partial charge in [-0.1, -0.05) is 80.4 Å². The highest BCUT2D eigenvalue weighted by Crippen LogP contribution is 2.39. The average Bonchev–Trinajstić information content (AvgIpc) is 2.65. The highest BCUT2D eigenvalue weighted by molar-refractivity contribution is 6.26. The van der Waals surface area contributed by atoms with Crippen LogP contribution in [0.1, 0.15) is 26.2 Å². The monoisotopic (exact) mass is 314 g/mol. The summed E-state index contributed by atoms with van der Waals surface area (Å²) in [7, 11) is 0. The van der Waals surface area contributed by atoms with Gasteiger partial charge in [0, 0.05) is 5.39 Å². The minimum Gasteiger partial charge on any atom is -0.493 e. The zero-order chi connectivity index (χ0) is 16.4. The van der Waals surface area contributed by atoms with Crippen LogP contribution in [0.25, 0.3) is 32.3 Å². The van der Waals surface area contributed by atoms with E-state index in [0.29, 0.717) is 0 Å². The van der Waals surface area contributed by atoms with Crippen LogP contribution in [0.4, 0.5) is 0 Å². The van der Waals surface area contributed by atoms with Crippen molar-refractivity contribution < 1.29 is 4.74 Å². The lowest BCUT2D eigenvalue weighted by Gasteiger charge is -2.14. The summed E-state index contributed by atoms with van der Waals surface area (Å²) >= 11 is 0. The predicted molar refractivity (Wildman–Crippen MR) is 104 cm³/mol. The third-order valence-corrected chi connectivity index (χ3v) is 4.74. The first-order valence-corrected chi connectivity index (χ1v) is 8.85. The van der Waals surface area contributed by atoms with E-state index >= 15 is 0 Å². The molecule has 0 spiro atoms. The maximum atomic E-state index is 6.18. The van der Waals surface area contributed by atoms with Crippen LogP contribution in [0.5, 0.6) is 5.75 Å². The Labute approximate surface area is 142 Å².